The zero-order valence-electron chi connectivity index (χ0n) is 9.00. The SMILES string of the molecule is O=C(O)c1c(F)c(F)c(C(O)C(O)CCl)c(F)c1F. The van der Waals surface area contributed by atoms with Crippen LogP contribution in [0.4, 0.5) is 17.6 Å². The van der Waals surface area contributed by atoms with Crippen LogP contribution in [-0.4, -0.2) is 33.3 Å². The van der Waals surface area contributed by atoms with Gasteiger partial charge in [0.2, 0.25) is 0 Å². The molecule has 0 aliphatic carbocycles. The molecule has 2 atom stereocenters. The Labute approximate surface area is 108 Å². The van der Waals surface area contributed by atoms with Crippen LogP contribution in [0.5, 0.6) is 0 Å². The molecule has 0 aromatic heterocycles. The van der Waals surface area contributed by atoms with Crippen LogP contribution < -0.4 is 0 Å². The van der Waals surface area contributed by atoms with Gasteiger partial charge in [-0.3, -0.25) is 0 Å². The minimum Gasteiger partial charge on any atom is -0.477 e. The molecular formula is C10H7ClF4O4. The van der Waals surface area contributed by atoms with Crippen molar-refractivity contribution >= 4 is 17.6 Å². The highest BCUT2D eigenvalue weighted by molar-refractivity contribution is 6.18. The van der Waals surface area contributed by atoms with Crippen molar-refractivity contribution in [1.29, 1.82) is 0 Å². The van der Waals surface area contributed by atoms with E-state index in [2.05, 4.69) is 0 Å². The minimum absolute atomic E-state index is 0.663. The molecule has 0 heterocycles. The number of aliphatic hydroxyl groups excluding tert-OH is 2. The summed E-state index contributed by atoms with van der Waals surface area (Å²) >= 11 is 5.13. The molecule has 3 N–H and O–H groups in total. The summed E-state index contributed by atoms with van der Waals surface area (Å²) in [6.07, 6.45) is -4.23. The molecule has 1 aromatic carbocycles. The van der Waals surface area contributed by atoms with E-state index in [-0.39, 0.29) is 0 Å². The number of hydrogen-bond acceptors (Lipinski definition) is 3. The van der Waals surface area contributed by atoms with E-state index in [0.29, 0.717) is 0 Å². The fourth-order valence-electron chi connectivity index (χ4n) is 1.37. The van der Waals surface area contributed by atoms with Crippen LogP contribution in [-0.2, 0) is 0 Å². The number of benzene rings is 1. The third-order valence-electron chi connectivity index (χ3n) is 2.33. The Hall–Kier alpha value is -1.38. The Morgan fingerprint density at radius 2 is 1.47 bits per heavy atom. The molecule has 0 saturated carbocycles. The van der Waals surface area contributed by atoms with Gasteiger partial charge in [0.25, 0.3) is 0 Å². The summed E-state index contributed by atoms with van der Waals surface area (Å²) < 4.78 is 53.5. The number of hydrogen-bond donors (Lipinski definition) is 3. The van der Waals surface area contributed by atoms with E-state index in [1.165, 1.54) is 0 Å². The molecule has 0 aliphatic heterocycles. The summed E-state index contributed by atoms with van der Waals surface area (Å²) in [5, 5.41) is 26.9. The quantitative estimate of drug-likeness (QED) is 0.448. The predicted molar refractivity (Wildman–Crippen MR) is 54.9 cm³/mol. The van der Waals surface area contributed by atoms with Gasteiger partial charge in [0.15, 0.2) is 23.3 Å². The van der Waals surface area contributed by atoms with Crippen molar-refractivity contribution in [3.8, 4) is 0 Å². The second-order valence-corrected chi connectivity index (χ2v) is 3.82. The van der Waals surface area contributed by atoms with Crippen LogP contribution in [0.3, 0.4) is 0 Å². The van der Waals surface area contributed by atoms with Crippen molar-refractivity contribution in [3.05, 3.63) is 34.4 Å². The number of alkyl halides is 1. The highest BCUT2D eigenvalue weighted by atomic mass is 35.5. The maximum absolute atomic E-state index is 13.5. The Kier molecular flexibility index (Phi) is 4.72. The van der Waals surface area contributed by atoms with Crippen molar-refractivity contribution in [2.45, 2.75) is 12.2 Å². The van der Waals surface area contributed by atoms with E-state index >= 15 is 0 Å². The van der Waals surface area contributed by atoms with Crippen molar-refractivity contribution in [1.82, 2.24) is 0 Å². The maximum atomic E-state index is 13.5. The van der Waals surface area contributed by atoms with Crippen LogP contribution in [0.2, 0.25) is 0 Å². The molecule has 9 heteroatoms. The number of carbonyl (C=O) groups is 1. The number of halogens is 5. The molecule has 0 radical (unpaired) electrons. The molecule has 0 saturated heterocycles. The third kappa shape index (κ3) is 2.65. The molecule has 2 unspecified atom stereocenters. The van der Waals surface area contributed by atoms with Crippen LogP contribution in [0.15, 0.2) is 0 Å². The number of aromatic carboxylic acids is 1. The molecular weight excluding hydrogens is 296 g/mol. The van der Waals surface area contributed by atoms with E-state index in [0.717, 1.165) is 0 Å². The summed E-state index contributed by atoms with van der Waals surface area (Å²) in [7, 11) is 0. The fraction of sp³-hybridized carbons (Fsp3) is 0.300. The number of carboxylic acid groups (broad SMARTS) is 1. The molecule has 1 aromatic rings. The zero-order chi connectivity index (χ0) is 14.9. The van der Waals surface area contributed by atoms with E-state index in [9.17, 15) is 27.5 Å². The van der Waals surface area contributed by atoms with Gasteiger partial charge < -0.3 is 15.3 Å². The van der Waals surface area contributed by atoms with Gasteiger partial charge in [-0.1, -0.05) is 0 Å². The largest absolute Gasteiger partial charge is 0.477 e. The molecule has 0 fully saturated rings. The average molecular weight is 303 g/mol. The highest BCUT2D eigenvalue weighted by Crippen LogP contribution is 2.30. The van der Waals surface area contributed by atoms with Gasteiger partial charge >= 0.3 is 5.97 Å². The van der Waals surface area contributed by atoms with Crippen LogP contribution in [0, 0.1) is 23.3 Å². The number of rotatable bonds is 4. The normalized spacial score (nSPS) is 14.3. The van der Waals surface area contributed by atoms with Crippen molar-refractivity contribution in [2.75, 3.05) is 5.88 Å². The summed E-state index contributed by atoms with van der Waals surface area (Å²) in [5.74, 6) is -11.4. The number of carboxylic acids is 1. The standard InChI is InChI=1S/C10H7ClF4O4/c11-1-2(16)9(17)3-5(12)7(14)4(10(18)19)8(15)6(3)13/h2,9,16-17H,1H2,(H,18,19). The first-order valence-electron chi connectivity index (χ1n) is 4.75. The first-order valence-corrected chi connectivity index (χ1v) is 5.28. The average Bonchev–Trinajstić information content (AvgIpc) is 2.35. The smallest absolute Gasteiger partial charge is 0.341 e. The number of aliphatic hydroxyl groups is 2. The van der Waals surface area contributed by atoms with Gasteiger partial charge in [-0.25, -0.2) is 22.4 Å². The fourth-order valence-corrected chi connectivity index (χ4v) is 1.54. The molecule has 0 aliphatic rings. The van der Waals surface area contributed by atoms with Gasteiger partial charge in [0, 0.05) is 0 Å². The van der Waals surface area contributed by atoms with Gasteiger partial charge in [-0.15, -0.1) is 11.6 Å². The van der Waals surface area contributed by atoms with Crippen LogP contribution >= 0.6 is 11.6 Å². The second kappa shape index (κ2) is 5.72. The van der Waals surface area contributed by atoms with E-state index in [1.807, 2.05) is 0 Å². The predicted octanol–water partition coefficient (Wildman–Crippen LogP) is 1.57. The van der Waals surface area contributed by atoms with Crippen molar-refractivity contribution < 1.29 is 37.7 Å². The molecule has 106 valence electrons. The molecule has 0 spiro atoms. The van der Waals surface area contributed by atoms with Crippen molar-refractivity contribution in [2.24, 2.45) is 0 Å². The summed E-state index contributed by atoms with van der Waals surface area (Å²) in [5.41, 5.74) is -3.35. The second-order valence-electron chi connectivity index (χ2n) is 3.52. The maximum Gasteiger partial charge on any atom is 0.341 e. The van der Waals surface area contributed by atoms with Crippen LogP contribution in [0.1, 0.15) is 22.0 Å². The van der Waals surface area contributed by atoms with E-state index in [1.54, 1.807) is 0 Å². The third-order valence-corrected chi connectivity index (χ3v) is 2.65. The Morgan fingerprint density at radius 1 is 1.05 bits per heavy atom. The summed E-state index contributed by atoms with van der Waals surface area (Å²) in [6.45, 7) is 0. The molecule has 1 rings (SSSR count). The molecule has 19 heavy (non-hydrogen) atoms. The van der Waals surface area contributed by atoms with E-state index in [4.69, 9.17) is 21.8 Å². The molecule has 0 amide bonds. The van der Waals surface area contributed by atoms with Crippen LogP contribution in [0.25, 0.3) is 0 Å². The van der Waals surface area contributed by atoms with Gasteiger partial charge in [-0.2, -0.15) is 0 Å². The van der Waals surface area contributed by atoms with Gasteiger partial charge in [0.05, 0.1) is 17.5 Å². The Balaban J connectivity index is 3.57. The van der Waals surface area contributed by atoms with Gasteiger partial charge in [0.1, 0.15) is 11.7 Å². The van der Waals surface area contributed by atoms with Gasteiger partial charge in [-0.05, 0) is 0 Å². The topological polar surface area (TPSA) is 77.8 Å². The lowest BCUT2D eigenvalue weighted by Gasteiger charge is -2.18. The molecule has 4 nitrogen and oxygen atoms in total. The Morgan fingerprint density at radius 3 is 1.79 bits per heavy atom. The lowest BCUT2D eigenvalue weighted by molar-refractivity contribution is 0.0269. The lowest BCUT2D eigenvalue weighted by Crippen LogP contribution is -2.24. The monoisotopic (exact) mass is 302 g/mol. The van der Waals surface area contributed by atoms with Crippen molar-refractivity contribution in [3.63, 3.8) is 0 Å². The lowest BCUT2D eigenvalue weighted by atomic mass is 10.0. The first kappa shape index (κ1) is 15.7. The Bertz CT molecular complexity index is 494. The summed E-state index contributed by atoms with van der Waals surface area (Å²) in [6, 6.07) is 0. The zero-order valence-corrected chi connectivity index (χ0v) is 9.76. The highest BCUT2D eigenvalue weighted by Gasteiger charge is 2.34. The first-order chi connectivity index (χ1) is 8.73. The minimum atomic E-state index is -2.34. The molecule has 0 bridgehead atoms. The summed E-state index contributed by atoms with van der Waals surface area (Å²) in [4.78, 5) is 10.5. The van der Waals surface area contributed by atoms with E-state index < -0.39 is 58.5 Å².